The second-order valence-corrected chi connectivity index (χ2v) is 8.63. The van der Waals surface area contributed by atoms with Gasteiger partial charge in [0, 0.05) is 18.5 Å². The molecular formula is C23H23NO4S. The molecule has 0 bridgehead atoms. The quantitative estimate of drug-likeness (QED) is 0.642. The molecule has 0 radical (unpaired) electrons. The van der Waals surface area contributed by atoms with E-state index in [2.05, 4.69) is 29.0 Å². The van der Waals surface area contributed by atoms with Crippen LogP contribution in [0.3, 0.4) is 0 Å². The number of benzene rings is 3. The van der Waals surface area contributed by atoms with Crippen molar-refractivity contribution in [1.82, 2.24) is 4.72 Å². The molecule has 0 saturated carbocycles. The summed E-state index contributed by atoms with van der Waals surface area (Å²) >= 11 is 0. The second-order valence-electron chi connectivity index (χ2n) is 6.87. The Morgan fingerprint density at radius 2 is 1.38 bits per heavy atom. The van der Waals surface area contributed by atoms with E-state index in [4.69, 9.17) is 9.47 Å². The third-order valence-corrected chi connectivity index (χ3v) is 6.41. The molecule has 1 heterocycles. The summed E-state index contributed by atoms with van der Waals surface area (Å²) in [6.07, 6.45) is 0.651. The SMILES string of the molecule is O=S(=O)(NCCC(c1ccccc1)c1ccccc1)c1ccc2c(c1)OCCO2. The number of ether oxygens (including phenoxy) is 2. The Bertz CT molecular complexity index is 1010. The van der Waals surface area contributed by atoms with E-state index in [0.717, 1.165) is 11.1 Å². The molecule has 0 atom stereocenters. The standard InChI is InChI=1S/C23H23NO4S/c25-29(26,20-11-12-22-23(17-20)28-16-15-27-22)24-14-13-21(18-7-3-1-4-8-18)19-9-5-2-6-10-19/h1-12,17,21,24H,13-16H2. The fourth-order valence-corrected chi connectivity index (χ4v) is 4.57. The number of hydrogen-bond acceptors (Lipinski definition) is 4. The normalized spacial score (nSPS) is 13.4. The Morgan fingerprint density at radius 3 is 2.00 bits per heavy atom. The minimum absolute atomic E-state index is 0.111. The van der Waals surface area contributed by atoms with Gasteiger partial charge in [-0.15, -0.1) is 0 Å². The summed E-state index contributed by atoms with van der Waals surface area (Å²) in [6, 6.07) is 25.0. The van der Waals surface area contributed by atoms with Crippen molar-refractivity contribution >= 4 is 10.0 Å². The molecular weight excluding hydrogens is 386 g/mol. The number of nitrogens with one attached hydrogen (secondary N) is 1. The fraction of sp³-hybridized carbons (Fsp3) is 0.217. The van der Waals surface area contributed by atoms with E-state index in [0.29, 0.717) is 37.7 Å². The van der Waals surface area contributed by atoms with Crippen LogP contribution in [0.5, 0.6) is 11.5 Å². The molecule has 5 nitrogen and oxygen atoms in total. The Kier molecular flexibility index (Phi) is 5.83. The lowest BCUT2D eigenvalue weighted by atomic mass is 9.89. The van der Waals surface area contributed by atoms with Crippen LogP contribution in [0.1, 0.15) is 23.5 Å². The first-order valence-electron chi connectivity index (χ1n) is 9.63. The monoisotopic (exact) mass is 409 g/mol. The Morgan fingerprint density at radius 1 is 0.793 bits per heavy atom. The fourth-order valence-electron chi connectivity index (χ4n) is 3.51. The van der Waals surface area contributed by atoms with Crippen LogP contribution >= 0.6 is 0 Å². The number of hydrogen-bond donors (Lipinski definition) is 1. The van der Waals surface area contributed by atoms with E-state index in [9.17, 15) is 8.42 Å². The summed E-state index contributed by atoms with van der Waals surface area (Å²) in [7, 11) is -3.64. The molecule has 0 aliphatic carbocycles. The zero-order chi connectivity index (χ0) is 20.1. The third-order valence-electron chi connectivity index (χ3n) is 4.95. The van der Waals surface area contributed by atoms with Crippen LogP contribution in [0.4, 0.5) is 0 Å². The summed E-state index contributed by atoms with van der Waals surface area (Å²) in [5.41, 5.74) is 2.33. The lowest BCUT2D eigenvalue weighted by Crippen LogP contribution is -2.26. The van der Waals surface area contributed by atoms with Crippen molar-refractivity contribution in [3.05, 3.63) is 90.0 Å². The van der Waals surface area contributed by atoms with Gasteiger partial charge >= 0.3 is 0 Å². The summed E-state index contributed by atoms with van der Waals surface area (Å²) in [6.45, 7) is 1.21. The summed E-state index contributed by atoms with van der Waals surface area (Å²) in [5, 5.41) is 0. The first-order chi connectivity index (χ1) is 14.1. The average Bonchev–Trinajstić information content (AvgIpc) is 2.77. The van der Waals surface area contributed by atoms with Crippen LogP contribution in [-0.4, -0.2) is 28.2 Å². The van der Waals surface area contributed by atoms with Gasteiger partial charge in [0.05, 0.1) is 4.90 Å². The first-order valence-corrected chi connectivity index (χ1v) is 11.1. The van der Waals surface area contributed by atoms with Crippen LogP contribution in [0, 0.1) is 0 Å². The van der Waals surface area contributed by atoms with Gasteiger partial charge in [0.15, 0.2) is 11.5 Å². The van der Waals surface area contributed by atoms with Gasteiger partial charge in [-0.05, 0) is 29.7 Å². The molecule has 0 amide bonds. The van der Waals surface area contributed by atoms with E-state index >= 15 is 0 Å². The molecule has 1 N–H and O–H groups in total. The van der Waals surface area contributed by atoms with E-state index in [1.165, 1.54) is 6.07 Å². The Labute approximate surface area is 171 Å². The molecule has 0 saturated heterocycles. The highest BCUT2D eigenvalue weighted by molar-refractivity contribution is 7.89. The first kappa shape index (κ1) is 19.5. The second kappa shape index (κ2) is 8.68. The molecule has 1 aliphatic heterocycles. The summed E-state index contributed by atoms with van der Waals surface area (Å²) in [5.74, 6) is 1.15. The predicted octanol–water partition coefficient (Wildman–Crippen LogP) is 3.96. The lowest BCUT2D eigenvalue weighted by Gasteiger charge is -2.20. The van der Waals surface area contributed by atoms with Gasteiger partial charge in [-0.3, -0.25) is 0 Å². The topological polar surface area (TPSA) is 64.6 Å². The van der Waals surface area contributed by atoms with Crippen molar-refractivity contribution < 1.29 is 17.9 Å². The maximum Gasteiger partial charge on any atom is 0.240 e. The molecule has 1 aliphatic rings. The highest BCUT2D eigenvalue weighted by Crippen LogP contribution is 2.32. The zero-order valence-corrected chi connectivity index (χ0v) is 16.8. The summed E-state index contributed by atoms with van der Waals surface area (Å²) < 4.78 is 39.2. The molecule has 0 spiro atoms. The predicted molar refractivity (Wildman–Crippen MR) is 112 cm³/mol. The van der Waals surface area contributed by atoms with Gasteiger partial charge in [0.25, 0.3) is 0 Å². The van der Waals surface area contributed by atoms with Crippen LogP contribution in [0.15, 0.2) is 83.8 Å². The molecule has 3 aromatic carbocycles. The summed E-state index contributed by atoms with van der Waals surface area (Å²) in [4.78, 5) is 0.178. The van der Waals surface area contributed by atoms with E-state index in [1.54, 1.807) is 12.1 Å². The zero-order valence-electron chi connectivity index (χ0n) is 16.0. The largest absolute Gasteiger partial charge is 0.486 e. The minimum atomic E-state index is -3.64. The van der Waals surface area contributed by atoms with Gasteiger partial charge in [-0.2, -0.15) is 0 Å². The number of sulfonamides is 1. The molecule has 150 valence electrons. The average molecular weight is 410 g/mol. The van der Waals surface area contributed by atoms with Gasteiger partial charge in [-0.25, -0.2) is 13.1 Å². The molecule has 6 heteroatoms. The smallest absolute Gasteiger partial charge is 0.240 e. The van der Waals surface area contributed by atoms with Gasteiger partial charge in [0.1, 0.15) is 13.2 Å². The van der Waals surface area contributed by atoms with Gasteiger partial charge in [0.2, 0.25) is 10.0 Å². The maximum atomic E-state index is 12.8. The molecule has 3 aromatic rings. The van der Waals surface area contributed by atoms with Crippen molar-refractivity contribution in [2.24, 2.45) is 0 Å². The molecule has 29 heavy (non-hydrogen) atoms. The molecule has 0 aromatic heterocycles. The van der Waals surface area contributed by atoms with Crippen molar-refractivity contribution in [1.29, 1.82) is 0 Å². The molecule has 0 unspecified atom stereocenters. The van der Waals surface area contributed by atoms with Crippen LogP contribution < -0.4 is 14.2 Å². The lowest BCUT2D eigenvalue weighted by molar-refractivity contribution is 0.171. The number of rotatable bonds is 7. The highest BCUT2D eigenvalue weighted by Gasteiger charge is 2.20. The Balaban J connectivity index is 1.48. The third kappa shape index (κ3) is 4.60. The van der Waals surface area contributed by atoms with E-state index in [-0.39, 0.29) is 10.8 Å². The minimum Gasteiger partial charge on any atom is -0.486 e. The van der Waals surface area contributed by atoms with E-state index in [1.807, 2.05) is 36.4 Å². The molecule has 0 fully saturated rings. The van der Waals surface area contributed by atoms with E-state index < -0.39 is 10.0 Å². The van der Waals surface area contributed by atoms with Crippen LogP contribution in [0.25, 0.3) is 0 Å². The number of fused-ring (bicyclic) bond motifs is 1. The van der Waals surface area contributed by atoms with Crippen molar-refractivity contribution in [2.45, 2.75) is 17.2 Å². The van der Waals surface area contributed by atoms with Gasteiger partial charge in [-0.1, -0.05) is 60.7 Å². The van der Waals surface area contributed by atoms with Crippen molar-refractivity contribution in [3.8, 4) is 11.5 Å². The van der Waals surface area contributed by atoms with Crippen molar-refractivity contribution in [2.75, 3.05) is 19.8 Å². The highest BCUT2D eigenvalue weighted by atomic mass is 32.2. The van der Waals surface area contributed by atoms with Crippen LogP contribution in [0.2, 0.25) is 0 Å². The van der Waals surface area contributed by atoms with Gasteiger partial charge < -0.3 is 9.47 Å². The van der Waals surface area contributed by atoms with Crippen molar-refractivity contribution in [3.63, 3.8) is 0 Å². The Hall–Kier alpha value is -2.83. The molecule has 4 rings (SSSR count). The maximum absolute atomic E-state index is 12.8. The van der Waals surface area contributed by atoms with Crippen LogP contribution in [-0.2, 0) is 10.0 Å².